The van der Waals surface area contributed by atoms with Gasteiger partial charge < -0.3 is 14.8 Å². The molecule has 1 N–H and O–H groups in total. The highest BCUT2D eigenvalue weighted by Crippen LogP contribution is 2.44. The minimum Gasteiger partial charge on any atom is -0.493 e. The van der Waals surface area contributed by atoms with E-state index in [-0.39, 0.29) is 6.10 Å². The normalized spacial score (nSPS) is 17.8. The molecule has 3 nitrogen and oxygen atoms in total. The van der Waals surface area contributed by atoms with Gasteiger partial charge in [-0.25, -0.2) is 0 Å². The van der Waals surface area contributed by atoms with E-state index in [4.69, 9.17) is 9.47 Å². The number of hydrogen-bond acceptors (Lipinski definition) is 3. The summed E-state index contributed by atoms with van der Waals surface area (Å²) in [6.45, 7) is 3.04. The highest BCUT2D eigenvalue weighted by Gasteiger charge is 2.27. The molecule has 4 heteroatoms. The lowest BCUT2D eigenvalue weighted by atomic mass is 10.0. The van der Waals surface area contributed by atoms with Crippen LogP contribution in [-0.4, -0.2) is 26.8 Å². The number of ether oxygens (including phenoxy) is 2. The molecule has 0 aromatic heterocycles. The van der Waals surface area contributed by atoms with Crippen molar-refractivity contribution in [3.05, 3.63) is 21.7 Å². The van der Waals surface area contributed by atoms with Crippen LogP contribution in [0.3, 0.4) is 0 Å². The van der Waals surface area contributed by atoms with Crippen LogP contribution in [0.5, 0.6) is 11.5 Å². The maximum Gasteiger partial charge on any atom is 0.166 e. The maximum atomic E-state index is 5.80. The molecule has 0 fully saturated rings. The SMILES string of the molecule is CNCCc1cc(OC)c2c(c1Br)CC(C)O2. The lowest BCUT2D eigenvalue weighted by molar-refractivity contribution is 0.243. The molecule has 0 saturated carbocycles. The molecular weight excluding hydrogens is 282 g/mol. The Balaban J connectivity index is 2.40. The van der Waals surface area contributed by atoms with Gasteiger partial charge in [0.1, 0.15) is 6.10 Å². The first-order chi connectivity index (χ1) is 8.17. The fourth-order valence-corrected chi connectivity index (χ4v) is 2.82. The van der Waals surface area contributed by atoms with Gasteiger partial charge in [-0.3, -0.25) is 0 Å². The van der Waals surface area contributed by atoms with Crippen molar-refractivity contribution >= 4 is 15.9 Å². The van der Waals surface area contributed by atoms with Crippen LogP contribution in [0, 0.1) is 0 Å². The minimum atomic E-state index is 0.231. The predicted molar refractivity (Wildman–Crippen MR) is 72.1 cm³/mol. The molecule has 0 saturated heterocycles. The van der Waals surface area contributed by atoms with Gasteiger partial charge in [-0.1, -0.05) is 15.9 Å². The second kappa shape index (κ2) is 5.27. The zero-order chi connectivity index (χ0) is 12.4. The monoisotopic (exact) mass is 299 g/mol. The van der Waals surface area contributed by atoms with Crippen LogP contribution >= 0.6 is 15.9 Å². The van der Waals surface area contributed by atoms with Gasteiger partial charge in [0.2, 0.25) is 0 Å². The van der Waals surface area contributed by atoms with E-state index in [0.717, 1.165) is 30.9 Å². The van der Waals surface area contributed by atoms with Crippen molar-refractivity contribution in [3.8, 4) is 11.5 Å². The molecule has 1 aromatic rings. The van der Waals surface area contributed by atoms with Crippen molar-refractivity contribution in [2.24, 2.45) is 0 Å². The Morgan fingerprint density at radius 2 is 2.35 bits per heavy atom. The van der Waals surface area contributed by atoms with Crippen LogP contribution in [0.2, 0.25) is 0 Å². The van der Waals surface area contributed by atoms with Gasteiger partial charge in [0.15, 0.2) is 11.5 Å². The van der Waals surface area contributed by atoms with Crippen molar-refractivity contribution in [1.82, 2.24) is 5.32 Å². The smallest absolute Gasteiger partial charge is 0.166 e. The molecule has 1 aliphatic heterocycles. The molecule has 94 valence electrons. The third kappa shape index (κ3) is 2.43. The van der Waals surface area contributed by atoms with Crippen LogP contribution in [-0.2, 0) is 12.8 Å². The summed E-state index contributed by atoms with van der Waals surface area (Å²) in [5.74, 6) is 1.75. The highest BCUT2D eigenvalue weighted by molar-refractivity contribution is 9.10. The topological polar surface area (TPSA) is 30.5 Å². The molecule has 0 bridgehead atoms. The Hall–Kier alpha value is -0.740. The lowest BCUT2D eigenvalue weighted by Crippen LogP contribution is -2.11. The minimum absolute atomic E-state index is 0.231. The summed E-state index contributed by atoms with van der Waals surface area (Å²) in [6.07, 6.45) is 2.16. The van der Waals surface area contributed by atoms with Crippen molar-refractivity contribution in [3.63, 3.8) is 0 Å². The molecule has 1 unspecified atom stereocenters. The first-order valence-corrected chi connectivity index (χ1v) is 6.66. The van der Waals surface area contributed by atoms with Crippen LogP contribution in [0.1, 0.15) is 18.1 Å². The van der Waals surface area contributed by atoms with Crippen LogP contribution < -0.4 is 14.8 Å². The molecule has 17 heavy (non-hydrogen) atoms. The Morgan fingerprint density at radius 1 is 1.59 bits per heavy atom. The quantitative estimate of drug-likeness (QED) is 0.927. The van der Waals surface area contributed by atoms with Crippen molar-refractivity contribution < 1.29 is 9.47 Å². The average Bonchev–Trinajstić information content (AvgIpc) is 2.71. The summed E-state index contributed by atoms with van der Waals surface area (Å²) in [5, 5.41) is 3.16. The van der Waals surface area contributed by atoms with Gasteiger partial charge in [0.05, 0.1) is 7.11 Å². The highest BCUT2D eigenvalue weighted by atomic mass is 79.9. The molecule has 1 aliphatic rings. The van der Waals surface area contributed by atoms with Crippen LogP contribution in [0.15, 0.2) is 10.5 Å². The number of likely N-dealkylation sites (N-methyl/N-ethyl adjacent to an activating group) is 1. The Labute approximate surface area is 111 Å². The zero-order valence-corrected chi connectivity index (χ0v) is 12.1. The van der Waals surface area contributed by atoms with Gasteiger partial charge in [0.25, 0.3) is 0 Å². The second-order valence-corrected chi connectivity index (χ2v) is 5.14. The molecule has 1 atom stereocenters. The molecule has 2 rings (SSSR count). The number of nitrogens with one attached hydrogen (secondary N) is 1. The average molecular weight is 300 g/mol. The Morgan fingerprint density at radius 3 is 3.00 bits per heavy atom. The van der Waals surface area contributed by atoms with E-state index in [9.17, 15) is 0 Å². The summed E-state index contributed by atoms with van der Waals surface area (Å²) in [7, 11) is 3.65. The fourth-order valence-electron chi connectivity index (χ4n) is 2.16. The standard InChI is InChI=1S/C13H18BrNO2/c1-8-6-10-12(14)9(4-5-15-2)7-11(16-3)13(10)17-8/h7-8,15H,4-6H2,1-3H3. The number of methoxy groups -OCH3 is 1. The Bertz CT molecular complexity index is 420. The summed E-state index contributed by atoms with van der Waals surface area (Å²) in [6, 6.07) is 2.07. The number of fused-ring (bicyclic) bond motifs is 1. The molecule has 0 spiro atoms. The number of hydrogen-bond donors (Lipinski definition) is 1. The fraction of sp³-hybridized carbons (Fsp3) is 0.538. The summed E-state index contributed by atoms with van der Waals surface area (Å²) >= 11 is 3.69. The van der Waals surface area contributed by atoms with E-state index < -0.39 is 0 Å². The zero-order valence-electron chi connectivity index (χ0n) is 10.5. The van der Waals surface area contributed by atoms with Crippen LogP contribution in [0.25, 0.3) is 0 Å². The largest absolute Gasteiger partial charge is 0.493 e. The van der Waals surface area contributed by atoms with Gasteiger partial charge >= 0.3 is 0 Å². The van der Waals surface area contributed by atoms with E-state index in [1.807, 2.05) is 7.05 Å². The van der Waals surface area contributed by atoms with Crippen molar-refractivity contribution in [2.75, 3.05) is 20.7 Å². The second-order valence-electron chi connectivity index (χ2n) is 4.35. The van der Waals surface area contributed by atoms with Gasteiger partial charge in [-0.2, -0.15) is 0 Å². The molecule has 1 heterocycles. The van der Waals surface area contributed by atoms with Crippen LogP contribution in [0.4, 0.5) is 0 Å². The molecule has 0 radical (unpaired) electrons. The molecule has 0 aliphatic carbocycles. The lowest BCUT2D eigenvalue weighted by Gasteiger charge is -2.13. The summed E-state index contributed by atoms with van der Waals surface area (Å²) < 4.78 is 12.4. The maximum absolute atomic E-state index is 5.80. The van der Waals surface area contributed by atoms with E-state index >= 15 is 0 Å². The van der Waals surface area contributed by atoms with Gasteiger partial charge in [-0.05, 0) is 38.6 Å². The van der Waals surface area contributed by atoms with Crippen molar-refractivity contribution in [2.45, 2.75) is 25.9 Å². The third-order valence-corrected chi connectivity index (χ3v) is 4.01. The van der Waals surface area contributed by atoms with Gasteiger partial charge in [0, 0.05) is 16.5 Å². The van der Waals surface area contributed by atoms with E-state index in [1.54, 1.807) is 7.11 Å². The number of halogens is 1. The van der Waals surface area contributed by atoms with Crippen molar-refractivity contribution in [1.29, 1.82) is 0 Å². The first-order valence-electron chi connectivity index (χ1n) is 5.86. The predicted octanol–water partition coefficient (Wildman–Crippen LogP) is 2.54. The summed E-state index contributed by atoms with van der Waals surface area (Å²) in [5.41, 5.74) is 2.51. The first kappa shape index (κ1) is 12.7. The molecular formula is C13H18BrNO2. The Kier molecular flexibility index (Phi) is 3.94. The summed E-state index contributed by atoms with van der Waals surface area (Å²) in [4.78, 5) is 0. The van der Waals surface area contributed by atoms with E-state index in [1.165, 1.54) is 15.6 Å². The van der Waals surface area contributed by atoms with E-state index in [0.29, 0.717) is 0 Å². The third-order valence-electron chi connectivity index (χ3n) is 3.02. The molecule has 1 aromatic carbocycles. The molecule has 0 amide bonds. The van der Waals surface area contributed by atoms with Gasteiger partial charge in [-0.15, -0.1) is 0 Å². The number of benzene rings is 1. The number of rotatable bonds is 4. The van der Waals surface area contributed by atoms with E-state index in [2.05, 4.69) is 34.2 Å².